The molecule has 19 heavy (non-hydrogen) atoms. The van der Waals surface area contributed by atoms with E-state index in [0.717, 1.165) is 5.56 Å². The van der Waals surface area contributed by atoms with Gasteiger partial charge in [0, 0.05) is 0 Å². The highest BCUT2D eigenvalue weighted by molar-refractivity contribution is 6.74. The quantitative estimate of drug-likeness (QED) is 0.559. The maximum absolute atomic E-state index is 7.58. The van der Waals surface area contributed by atoms with Gasteiger partial charge >= 0.3 is 0 Å². The molecule has 0 aliphatic rings. The first kappa shape index (κ1) is 16.0. The van der Waals surface area contributed by atoms with Gasteiger partial charge in [-0.15, -0.1) is 0 Å². The van der Waals surface area contributed by atoms with Crippen LogP contribution in [0.5, 0.6) is 0 Å². The van der Waals surface area contributed by atoms with Crippen molar-refractivity contribution in [3.63, 3.8) is 0 Å². The Morgan fingerprint density at radius 2 is 1.79 bits per heavy atom. The monoisotopic (exact) mass is 273 g/mol. The van der Waals surface area contributed by atoms with Crippen molar-refractivity contribution in [2.75, 3.05) is 0 Å². The summed E-state index contributed by atoms with van der Waals surface area (Å²) in [5.74, 6) is 2.57. The summed E-state index contributed by atoms with van der Waals surface area (Å²) in [5, 5.41) is 0.140. The van der Waals surface area contributed by atoms with Gasteiger partial charge in [-0.25, -0.2) is 0 Å². The molecule has 1 rings (SSSR count). The molecule has 1 unspecified atom stereocenters. The van der Waals surface area contributed by atoms with Gasteiger partial charge in [0.25, 0.3) is 0 Å². The molecule has 0 spiro atoms. The number of hydrogen-bond donors (Lipinski definition) is 0. The second-order valence-electron chi connectivity index (χ2n) is 6.76. The molecule has 0 saturated carbocycles. The molecule has 1 atom stereocenters. The molecule has 0 aliphatic heterocycles. The number of benzene rings is 1. The van der Waals surface area contributed by atoms with E-state index in [0.29, 0.717) is 0 Å². The van der Waals surface area contributed by atoms with Crippen molar-refractivity contribution in [2.24, 2.45) is 0 Å². The predicted molar refractivity (Wildman–Crippen MR) is 84.1 cm³/mol. The molecule has 0 bridgehead atoms. The molecule has 0 N–H and O–H groups in total. The van der Waals surface area contributed by atoms with E-state index in [2.05, 4.69) is 71.8 Å². The zero-order valence-electron chi connectivity index (χ0n) is 13.2. The highest BCUT2D eigenvalue weighted by Gasteiger charge is 2.39. The minimum absolute atomic E-state index is 0.140. The minimum Gasteiger partial charge on any atom is -0.399 e. The molecule has 0 saturated heterocycles. The van der Waals surface area contributed by atoms with Crippen LogP contribution in [0.3, 0.4) is 0 Å². The zero-order chi connectivity index (χ0) is 14.8. The summed E-state index contributed by atoms with van der Waals surface area (Å²) < 4.78 is 6.30. The third-order valence-corrected chi connectivity index (χ3v) is 8.49. The van der Waals surface area contributed by atoms with Crippen LogP contribution in [0.25, 0.3) is 0 Å². The zero-order valence-corrected chi connectivity index (χ0v) is 14.2. The van der Waals surface area contributed by atoms with Crippen LogP contribution < -0.4 is 0 Å². The highest BCUT2D eigenvalue weighted by atomic mass is 28.4. The van der Waals surface area contributed by atoms with Crippen molar-refractivity contribution in [2.45, 2.75) is 58.9 Å². The summed E-state index contributed by atoms with van der Waals surface area (Å²) in [5.41, 5.74) is 3.46. The predicted octanol–water partition coefficient (Wildman–Crippen LogP) is 4.96. The summed E-state index contributed by atoms with van der Waals surface area (Å²) in [6.07, 6.45) is 7.23. The lowest BCUT2D eigenvalue weighted by Crippen LogP contribution is -2.41. The van der Waals surface area contributed by atoms with Crippen molar-refractivity contribution in [3.8, 4) is 5.92 Å². The van der Waals surface area contributed by atoms with Crippen molar-refractivity contribution in [1.82, 2.24) is 0 Å². The lowest BCUT2D eigenvalue weighted by atomic mass is 10.0. The van der Waals surface area contributed by atoms with Crippen LogP contribution in [-0.2, 0) is 4.43 Å². The summed E-state index contributed by atoms with van der Waals surface area (Å²) in [4.78, 5) is 0. The second kappa shape index (κ2) is 5.52. The third kappa shape index (κ3) is 3.71. The molecule has 0 heterocycles. The van der Waals surface area contributed by atoms with E-state index in [1.165, 1.54) is 11.1 Å². The summed E-state index contributed by atoms with van der Waals surface area (Å²) in [6.45, 7) is 15.2. The van der Waals surface area contributed by atoms with Gasteiger partial charge in [0.15, 0.2) is 8.32 Å². The highest BCUT2D eigenvalue weighted by Crippen LogP contribution is 2.40. The number of rotatable bonds is 3. The van der Waals surface area contributed by atoms with Crippen molar-refractivity contribution in [1.29, 1.82) is 0 Å². The number of aryl methyl sites for hydroxylation is 2. The first-order valence-corrected chi connectivity index (χ1v) is 9.66. The Bertz CT molecular complexity index is 489. The average molecular weight is 273 g/mol. The maximum Gasteiger partial charge on any atom is 0.194 e. The van der Waals surface area contributed by atoms with Gasteiger partial charge in [0.2, 0.25) is 0 Å². The minimum atomic E-state index is -1.89. The average Bonchev–Trinajstić information content (AvgIpc) is 2.25. The lowest BCUT2D eigenvalue weighted by molar-refractivity contribution is 0.237. The molecule has 103 valence electrons. The van der Waals surface area contributed by atoms with Crippen LogP contribution in [0.2, 0.25) is 18.1 Å². The van der Waals surface area contributed by atoms with E-state index >= 15 is 0 Å². The molecule has 0 aromatic heterocycles. The Labute approximate surface area is 119 Å². The lowest BCUT2D eigenvalue weighted by Gasteiger charge is -2.38. The van der Waals surface area contributed by atoms with E-state index in [1.807, 2.05) is 0 Å². The smallest absolute Gasteiger partial charge is 0.194 e. The van der Waals surface area contributed by atoms with Gasteiger partial charge in [-0.3, -0.25) is 0 Å². The molecular weight excluding hydrogens is 248 g/mol. The van der Waals surface area contributed by atoms with Crippen LogP contribution in [0.1, 0.15) is 43.6 Å². The van der Waals surface area contributed by atoms with Gasteiger partial charge in [0.1, 0.15) is 6.10 Å². The molecule has 2 heteroatoms. The molecule has 1 nitrogen and oxygen atoms in total. The standard InChI is InChI=1S/C17H25OSi/c1-9-16(18-19(7,8)17(4,5)6)15-11-10-13(2)12-14(15)3/h10-12,16H,2-8H3. The first-order valence-electron chi connectivity index (χ1n) is 6.76. The third-order valence-electron chi connectivity index (χ3n) is 4.06. The Morgan fingerprint density at radius 3 is 2.21 bits per heavy atom. The normalized spacial score (nSPS) is 14.0. The summed E-state index contributed by atoms with van der Waals surface area (Å²) >= 11 is 0. The Kier molecular flexibility index (Phi) is 4.66. The second-order valence-corrected chi connectivity index (χ2v) is 11.5. The van der Waals surface area contributed by atoms with Gasteiger partial charge in [0.05, 0.1) is 0 Å². The van der Waals surface area contributed by atoms with Crippen molar-refractivity contribution in [3.05, 3.63) is 41.3 Å². The SMILES string of the molecule is [C]#CC(O[Si](C)(C)C(C)(C)C)c1ccc(C)cc1C. The van der Waals surface area contributed by atoms with Crippen LogP contribution in [0.4, 0.5) is 0 Å². The van der Waals surface area contributed by atoms with Gasteiger partial charge in [-0.2, -0.15) is 0 Å². The fourth-order valence-corrected chi connectivity index (χ4v) is 2.89. The van der Waals surface area contributed by atoms with Crippen LogP contribution >= 0.6 is 0 Å². The molecule has 1 aromatic carbocycles. The fourth-order valence-electron chi connectivity index (χ4n) is 1.76. The number of hydrogen-bond acceptors (Lipinski definition) is 1. The van der Waals surface area contributed by atoms with E-state index < -0.39 is 8.32 Å². The summed E-state index contributed by atoms with van der Waals surface area (Å²) in [7, 11) is -1.89. The van der Waals surface area contributed by atoms with Crippen molar-refractivity contribution >= 4 is 8.32 Å². The molecule has 0 amide bonds. The van der Waals surface area contributed by atoms with Gasteiger partial charge in [-0.05, 0) is 49.5 Å². The molecule has 1 radical (unpaired) electrons. The molecular formula is C17H25OSi. The van der Waals surface area contributed by atoms with E-state index in [4.69, 9.17) is 10.8 Å². The van der Waals surface area contributed by atoms with Crippen molar-refractivity contribution < 1.29 is 4.43 Å². The van der Waals surface area contributed by atoms with Crippen LogP contribution in [0.15, 0.2) is 18.2 Å². The van der Waals surface area contributed by atoms with Crippen LogP contribution in [0, 0.1) is 26.2 Å². The largest absolute Gasteiger partial charge is 0.399 e. The van der Waals surface area contributed by atoms with E-state index in [1.54, 1.807) is 0 Å². The van der Waals surface area contributed by atoms with E-state index in [-0.39, 0.29) is 11.1 Å². The first-order chi connectivity index (χ1) is 8.58. The maximum atomic E-state index is 7.58. The van der Waals surface area contributed by atoms with Crippen LogP contribution in [-0.4, -0.2) is 8.32 Å². The Morgan fingerprint density at radius 1 is 1.21 bits per heavy atom. The molecule has 1 aromatic rings. The molecule has 0 aliphatic carbocycles. The fraction of sp³-hybridized carbons (Fsp3) is 0.529. The topological polar surface area (TPSA) is 9.23 Å². The van der Waals surface area contributed by atoms with Gasteiger partial charge < -0.3 is 4.43 Å². The Balaban J connectivity index is 3.07. The van der Waals surface area contributed by atoms with E-state index in [9.17, 15) is 0 Å². The van der Waals surface area contributed by atoms with Gasteiger partial charge in [-0.1, -0.05) is 50.5 Å². The molecule has 0 fully saturated rings. The summed E-state index contributed by atoms with van der Waals surface area (Å²) in [6, 6.07) is 6.26. The Hall–Kier alpha value is -1.04.